The Balaban J connectivity index is 1.24. The van der Waals surface area contributed by atoms with Gasteiger partial charge >= 0.3 is 5.97 Å². The maximum atomic E-state index is 12.0. The van der Waals surface area contributed by atoms with Gasteiger partial charge in [0.2, 0.25) is 5.91 Å². The van der Waals surface area contributed by atoms with Crippen molar-refractivity contribution in [2.24, 2.45) is 4.99 Å². The summed E-state index contributed by atoms with van der Waals surface area (Å²) in [6, 6.07) is 12.1. The van der Waals surface area contributed by atoms with Crippen molar-refractivity contribution in [3.63, 3.8) is 0 Å². The maximum Gasteiger partial charge on any atom is 0.326 e. The molecular formula is C25H29N5O5. The van der Waals surface area contributed by atoms with Crippen LogP contribution in [-0.2, 0) is 16.0 Å². The maximum absolute atomic E-state index is 12.0. The van der Waals surface area contributed by atoms with Crippen molar-refractivity contribution in [1.82, 2.24) is 15.6 Å². The average Bonchev–Trinajstić information content (AvgIpc) is 3.27. The molecule has 0 aliphatic carbocycles. The quantitative estimate of drug-likeness (QED) is 0.326. The lowest BCUT2D eigenvalue weighted by molar-refractivity contribution is -0.138. The number of nitrogens with one attached hydrogen (secondary N) is 3. The number of para-hydroxylation sites is 1. The van der Waals surface area contributed by atoms with E-state index in [1.807, 2.05) is 31.2 Å². The van der Waals surface area contributed by atoms with Gasteiger partial charge in [0, 0.05) is 25.9 Å². The highest BCUT2D eigenvalue weighted by Gasteiger charge is 2.21. The molecule has 0 fully saturated rings. The van der Waals surface area contributed by atoms with E-state index in [1.165, 1.54) is 0 Å². The van der Waals surface area contributed by atoms with Crippen molar-refractivity contribution < 1.29 is 23.8 Å². The summed E-state index contributed by atoms with van der Waals surface area (Å²) in [5.74, 6) is 0.0928. The monoisotopic (exact) mass is 479 g/mol. The molecule has 0 spiro atoms. The number of aryl methyl sites for hydroxylation is 1. The third-order valence-electron chi connectivity index (χ3n) is 5.55. The number of aromatic nitrogens is 1. The van der Waals surface area contributed by atoms with Crippen LogP contribution in [0.5, 0.6) is 5.75 Å². The molecule has 3 aromatic rings. The van der Waals surface area contributed by atoms with Crippen LogP contribution in [0.1, 0.15) is 30.4 Å². The van der Waals surface area contributed by atoms with Crippen molar-refractivity contribution in [3.8, 4) is 5.75 Å². The minimum atomic E-state index is -1.00. The SMILES string of the molecule is Cc1cccc2oc(N[C@@H](Cc3ccc(OCCCC(=O)NC4=NCCCN4)cc3)C(=O)O)nc12. The average molecular weight is 480 g/mol. The highest BCUT2D eigenvalue weighted by Crippen LogP contribution is 2.23. The fraction of sp³-hybridized carbons (Fsp3) is 0.360. The molecule has 1 aliphatic rings. The van der Waals surface area contributed by atoms with Crippen molar-refractivity contribution in [1.29, 1.82) is 0 Å². The number of carbonyl (C=O) groups is 2. The molecule has 0 radical (unpaired) electrons. The smallest absolute Gasteiger partial charge is 0.326 e. The Bertz CT molecular complexity index is 1200. The Morgan fingerprint density at radius 1 is 1.23 bits per heavy atom. The highest BCUT2D eigenvalue weighted by atomic mass is 16.5. The lowest BCUT2D eigenvalue weighted by atomic mass is 10.1. The zero-order valence-corrected chi connectivity index (χ0v) is 19.5. The number of aliphatic carboxylic acids is 1. The minimum Gasteiger partial charge on any atom is -0.494 e. The van der Waals surface area contributed by atoms with E-state index in [2.05, 4.69) is 25.9 Å². The zero-order chi connectivity index (χ0) is 24.6. The number of nitrogens with zero attached hydrogens (tertiary/aromatic N) is 2. The van der Waals surface area contributed by atoms with Crippen molar-refractivity contribution in [2.45, 2.75) is 38.6 Å². The van der Waals surface area contributed by atoms with Gasteiger partial charge in [-0.25, -0.2) is 4.79 Å². The first kappa shape index (κ1) is 24.1. The number of hydrogen-bond acceptors (Lipinski definition) is 8. The van der Waals surface area contributed by atoms with E-state index in [0.717, 1.165) is 30.6 Å². The van der Waals surface area contributed by atoms with E-state index in [-0.39, 0.29) is 18.3 Å². The number of aliphatic imine (C=N–C) groups is 1. The van der Waals surface area contributed by atoms with Crippen LogP contribution in [0.2, 0.25) is 0 Å². The van der Waals surface area contributed by atoms with E-state index in [1.54, 1.807) is 18.2 Å². The van der Waals surface area contributed by atoms with Gasteiger partial charge in [-0.2, -0.15) is 4.98 Å². The molecule has 35 heavy (non-hydrogen) atoms. The lowest BCUT2D eigenvalue weighted by Crippen LogP contribution is -2.43. The first-order chi connectivity index (χ1) is 17.0. The van der Waals surface area contributed by atoms with Gasteiger partial charge in [-0.05, 0) is 49.1 Å². The standard InChI is InChI=1S/C25H29N5O5/c1-16-5-2-6-20-22(16)30-25(35-20)28-19(23(32)33)15-17-8-10-18(11-9-17)34-14-3-7-21(31)29-24-26-12-4-13-27-24/h2,5-6,8-11,19H,3-4,7,12-15H2,1H3,(H,28,30)(H,32,33)(H2,26,27,29,31)/t19-/m0/s1. The Labute approximate surface area is 202 Å². The molecule has 10 nitrogen and oxygen atoms in total. The van der Waals surface area contributed by atoms with Crippen LogP contribution in [-0.4, -0.2) is 53.7 Å². The van der Waals surface area contributed by atoms with E-state index in [4.69, 9.17) is 9.15 Å². The molecule has 4 rings (SSSR count). The number of carboxylic acids is 1. The molecule has 0 unspecified atom stereocenters. The fourth-order valence-electron chi connectivity index (χ4n) is 3.69. The minimum absolute atomic E-state index is 0.0987. The molecule has 184 valence electrons. The molecule has 2 heterocycles. The van der Waals surface area contributed by atoms with Gasteiger partial charge in [-0.3, -0.25) is 15.1 Å². The van der Waals surface area contributed by atoms with Crippen LogP contribution >= 0.6 is 0 Å². The van der Waals surface area contributed by atoms with Crippen molar-refractivity contribution >= 4 is 35.0 Å². The predicted octanol–water partition coefficient (Wildman–Crippen LogP) is 2.87. The van der Waals surface area contributed by atoms with Gasteiger partial charge in [0.15, 0.2) is 11.5 Å². The number of guanidine groups is 1. The number of hydrogen-bond donors (Lipinski definition) is 4. The van der Waals surface area contributed by atoms with Gasteiger partial charge in [-0.1, -0.05) is 24.3 Å². The Morgan fingerprint density at radius 2 is 2.06 bits per heavy atom. The van der Waals surface area contributed by atoms with E-state index < -0.39 is 12.0 Å². The summed E-state index contributed by atoms with van der Waals surface area (Å²) in [4.78, 5) is 32.4. The summed E-state index contributed by atoms with van der Waals surface area (Å²) in [5, 5.41) is 18.4. The molecule has 10 heteroatoms. The summed E-state index contributed by atoms with van der Waals surface area (Å²) in [6.45, 7) is 3.86. The molecule has 1 aliphatic heterocycles. The zero-order valence-electron chi connectivity index (χ0n) is 19.5. The summed E-state index contributed by atoms with van der Waals surface area (Å²) < 4.78 is 11.4. The highest BCUT2D eigenvalue weighted by molar-refractivity contribution is 5.97. The normalized spacial score (nSPS) is 14.0. The van der Waals surface area contributed by atoms with Crippen LogP contribution in [0.25, 0.3) is 11.1 Å². The fourth-order valence-corrected chi connectivity index (χ4v) is 3.69. The number of oxazole rings is 1. The number of carbonyl (C=O) groups excluding carboxylic acids is 1. The molecule has 0 bridgehead atoms. The molecule has 0 saturated carbocycles. The molecule has 1 amide bonds. The van der Waals surface area contributed by atoms with Crippen LogP contribution in [0, 0.1) is 6.92 Å². The largest absolute Gasteiger partial charge is 0.494 e. The summed E-state index contributed by atoms with van der Waals surface area (Å²) in [7, 11) is 0. The van der Waals surface area contributed by atoms with E-state index >= 15 is 0 Å². The molecule has 2 aromatic carbocycles. The van der Waals surface area contributed by atoms with E-state index in [0.29, 0.717) is 42.3 Å². The van der Waals surface area contributed by atoms with Crippen LogP contribution < -0.4 is 20.7 Å². The number of anilines is 1. The number of carboxylic acid groups (broad SMARTS) is 1. The molecule has 1 atom stereocenters. The second-order valence-corrected chi connectivity index (χ2v) is 8.33. The van der Waals surface area contributed by atoms with Gasteiger partial charge < -0.3 is 24.9 Å². The molecule has 1 aromatic heterocycles. The third kappa shape index (κ3) is 6.72. The second-order valence-electron chi connectivity index (χ2n) is 8.33. The second kappa shape index (κ2) is 11.4. The Kier molecular flexibility index (Phi) is 7.81. The number of ether oxygens (including phenoxy) is 1. The number of rotatable bonds is 10. The van der Waals surface area contributed by atoms with Crippen molar-refractivity contribution in [3.05, 3.63) is 53.6 Å². The topological polar surface area (TPSA) is 138 Å². The van der Waals surface area contributed by atoms with Gasteiger partial charge in [0.1, 0.15) is 17.3 Å². The van der Waals surface area contributed by atoms with E-state index in [9.17, 15) is 14.7 Å². The van der Waals surface area contributed by atoms with Gasteiger partial charge in [0.25, 0.3) is 6.01 Å². The summed E-state index contributed by atoms with van der Waals surface area (Å²) in [5.41, 5.74) is 3.09. The Morgan fingerprint density at radius 3 is 2.77 bits per heavy atom. The third-order valence-corrected chi connectivity index (χ3v) is 5.55. The Hall–Kier alpha value is -4.08. The molecule has 0 saturated heterocycles. The number of fused-ring (bicyclic) bond motifs is 1. The number of amides is 1. The summed E-state index contributed by atoms with van der Waals surface area (Å²) >= 11 is 0. The molecular weight excluding hydrogens is 450 g/mol. The first-order valence-electron chi connectivity index (χ1n) is 11.6. The van der Waals surface area contributed by atoms with Crippen LogP contribution in [0.4, 0.5) is 6.01 Å². The molecule has 4 N–H and O–H groups in total. The van der Waals surface area contributed by atoms with Crippen molar-refractivity contribution in [2.75, 3.05) is 25.0 Å². The summed E-state index contributed by atoms with van der Waals surface area (Å²) in [6.07, 6.45) is 2.11. The van der Waals surface area contributed by atoms with Crippen LogP contribution in [0.15, 0.2) is 51.9 Å². The van der Waals surface area contributed by atoms with Gasteiger partial charge in [-0.15, -0.1) is 0 Å². The van der Waals surface area contributed by atoms with Gasteiger partial charge in [0.05, 0.1) is 6.61 Å². The lowest BCUT2D eigenvalue weighted by Gasteiger charge is -2.15. The first-order valence-corrected chi connectivity index (χ1v) is 11.6. The van der Waals surface area contributed by atoms with Crippen LogP contribution in [0.3, 0.4) is 0 Å². The predicted molar refractivity (Wildman–Crippen MR) is 132 cm³/mol. The number of benzene rings is 2.